The van der Waals surface area contributed by atoms with Crippen molar-refractivity contribution in [2.75, 3.05) is 20.3 Å². The highest BCUT2D eigenvalue weighted by atomic mass is 127. The largest absolute Gasteiger partial charge is 0.493 e. The van der Waals surface area contributed by atoms with Gasteiger partial charge in [0.1, 0.15) is 0 Å². The van der Waals surface area contributed by atoms with Crippen LogP contribution in [0.15, 0.2) is 36.4 Å². The number of halogens is 1. The van der Waals surface area contributed by atoms with Crippen LogP contribution in [-0.4, -0.2) is 20.3 Å². The highest BCUT2D eigenvalue weighted by molar-refractivity contribution is 14.1. The molecule has 1 unspecified atom stereocenters. The molecule has 22 heavy (non-hydrogen) atoms. The molecular formula is C18H20INO2. The van der Waals surface area contributed by atoms with Crippen molar-refractivity contribution in [1.29, 1.82) is 0 Å². The fourth-order valence-electron chi connectivity index (χ4n) is 2.98. The number of ether oxygens (including phenoxy) is 2. The molecule has 1 aliphatic heterocycles. The lowest BCUT2D eigenvalue weighted by molar-refractivity contribution is 0.309. The Bertz CT molecular complexity index is 672. The van der Waals surface area contributed by atoms with Gasteiger partial charge in [-0.2, -0.15) is 0 Å². The molecule has 4 heteroatoms. The van der Waals surface area contributed by atoms with Crippen molar-refractivity contribution in [3.05, 3.63) is 56.7 Å². The smallest absolute Gasteiger partial charge is 0.161 e. The minimum Gasteiger partial charge on any atom is -0.493 e. The fraction of sp³-hybridized carbons (Fsp3) is 0.333. The zero-order valence-electron chi connectivity index (χ0n) is 12.9. The van der Waals surface area contributed by atoms with Gasteiger partial charge in [-0.25, -0.2) is 0 Å². The number of rotatable bonds is 4. The van der Waals surface area contributed by atoms with E-state index in [-0.39, 0.29) is 6.04 Å². The Hall–Kier alpha value is -1.27. The highest BCUT2D eigenvalue weighted by Crippen LogP contribution is 2.38. The van der Waals surface area contributed by atoms with Gasteiger partial charge in [0, 0.05) is 10.1 Å². The van der Waals surface area contributed by atoms with Crippen molar-refractivity contribution in [1.82, 2.24) is 5.32 Å². The van der Waals surface area contributed by atoms with Crippen LogP contribution in [0.5, 0.6) is 11.5 Å². The first-order valence-electron chi connectivity index (χ1n) is 7.56. The summed E-state index contributed by atoms with van der Waals surface area (Å²) in [6.07, 6.45) is 1.01. The van der Waals surface area contributed by atoms with Gasteiger partial charge < -0.3 is 14.8 Å². The van der Waals surface area contributed by atoms with Crippen LogP contribution in [0, 0.1) is 3.57 Å². The predicted octanol–water partition coefficient (Wildman–Crippen LogP) is 3.93. The topological polar surface area (TPSA) is 30.5 Å². The minimum atomic E-state index is 0.210. The predicted molar refractivity (Wildman–Crippen MR) is 96.9 cm³/mol. The van der Waals surface area contributed by atoms with Gasteiger partial charge in [-0.3, -0.25) is 0 Å². The first-order valence-corrected chi connectivity index (χ1v) is 8.64. The zero-order chi connectivity index (χ0) is 15.5. The van der Waals surface area contributed by atoms with Crippen molar-refractivity contribution in [2.24, 2.45) is 0 Å². The number of nitrogens with one attached hydrogen (secondary N) is 1. The molecular weight excluding hydrogens is 389 g/mol. The normalized spacial score (nSPS) is 17.0. The van der Waals surface area contributed by atoms with Gasteiger partial charge in [-0.1, -0.05) is 18.2 Å². The van der Waals surface area contributed by atoms with Crippen molar-refractivity contribution in [2.45, 2.75) is 19.4 Å². The van der Waals surface area contributed by atoms with Gasteiger partial charge in [0.15, 0.2) is 11.5 Å². The summed E-state index contributed by atoms with van der Waals surface area (Å²) in [7, 11) is 1.70. The van der Waals surface area contributed by atoms with Crippen molar-refractivity contribution < 1.29 is 9.47 Å². The molecule has 0 fully saturated rings. The van der Waals surface area contributed by atoms with Gasteiger partial charge in [0.05, 0.1) is 19.8 Å². The fourth-order valence-corrected chi connectivity index (χ4v) is 3.68. The summed E-state index contributed by atoms with van der Waals surface area (Å²) in [5.41, 5.74) is 3.94. The van der Waals surface area contributed by atoms with Crippen LogP contribution in [-0.2, 0) is 6.42 Å². The van der Waals surface area contributed by atoms with Gasteiger partial charge in [-0.15, -0.1) is 0 Å². The Labute approximate surface area is 145 Å². The third kappa shape index (κ3) is 2.94. The zero-order valence-corrected chi connectivity index (χ0v) is 15.0. The van der Waals surface area contributed by atoms with Crippen LogP contribution >= 0.6 is 22.6 Å². The lowest BCUT2D eigenvalue weighted by Gasteiger charge is -2.29. The number of methoxy groups -OCH3 is 1. The molecule has 2 aromatic rings. The molecule has 116 valence electrons. The quantitative estimate of drug-likeness (QED) is 0.777. The molecule has 0 amide bonds. The molecule has 0 bridgehead atoms. The summed E-state index contributed by atoms with van der Waals surface area (Å²) in [6, 6.07) is 13.0. The van der Waals surface area contributed by atoms with E-state index in [1.165, 1.54) is 20.3 Å². The number of hydrogen-bond donors (Lipinski definition) is 1. The molecule has 0 aliphatic carbocycles. The third-order valence-corrected chi connectivity index (χ3v) is 4.98. The second-order valence-electron chi connectivity index (χ2n) is 5.29. The first-order chi connectivity index (χ1) is 10.7. The average Bonchev–Trinajstić information content (AvgIpc) is 2.54. The molecule has 1 aliphatic rings. The van der Waals surface area contributed by atoms with E-state index in [9.17, 15) is 0 Å². The van der Waals surface area contributed by atoms with E-state index in [1.54, 1.807) is 7.11 Å². The van der Waals surface area contributed by atoms with Crippen LogP contribution in [0.3, 0.4) is 0 Å². The second kappa shape index (κ2) is 6.87. The maximum absolute atomic E-state index is 5.75. The van der Waals surface area contributed by atoms with E-state index in [1.807, 2.05) is 6.92 Å². The van der Waals surface area contributed by atoms with Crippen LogP contribution in [0.1, 0.15) is 29.7 Å². The Morgan fingerprint density at radius 3 is 2.73 bits per heavy atom. The van der Waals surface area contributed by atoms with Gasteiger partial charge in [-0.05, 0) is 70.8 Å². The summed E-state index contributed by atoms with van der Waals surface area (Å²) >= 11 is 2.40. The summed E-state index contributed by atoms with van der Waals surface area (Å²) in [4.78, 5) is 0. The Morgan fingerprint density at radius 2 is 2.00 bits per heavy atom. The summed E-state index contributed by atoms with van der Waals surface area (Å²) in [6.45, 7) is 3.60. The lowest BCUT2D eigenvalue weighted by Crippen LogP contribution is -2.31. The average molecular weight is 409 g/mol. The van der Waals surface area contributed by atoms with E-state index in [0.29, 0.717) is 6.61 Å². The Kier molecular flexibility index (Phi) is 4.88. The number of benzene rings is 2. The molecule has 0 aromatic heterocycles. The lowest BCUT2D eigenvalue weighted by atomic mass is 9.89. The van der Waals surface area contributed by atoms with Crippen molar-refractivity contribution in [3.63, 3.8) is 0 Å². The minimum absolute atomic E-state index is 0.210. The van der Waals surface area contributed by atoms with Crippen LogP contribution in [0.2, 0.25) is 0 Å². The third-order valence-electron chi connectivity index (χ3n) is 4.00. The molecule has 0 radical (unpaired) electrons. The van der Waals surface area contributed by atoms with E-state index >= 15 is 0 Å². The Morgan fingerprint density at radius 1 is 1.18 bits per heavy atom. The van der Waals surface area contributed by atoms with Crippen LogP contribution in [0.25, 0.3) is 0 Å². The summed E-state index contributed by atoms with van der Waals surface area (Å²) in [5, 5.41) is 3.64. The number of hydrogen-bond acceptors (Lipinski definition) is 3. The standard InChI is InChI=1S/C18H20INO2/c1-3-22-17-11-14-12(10-16(17)21-2)8-9-20-18(14)13-6-4-5-7-15(13)19/h4-7,10-11,18,20H,3,8-9H2,1-2H3. The number of fused-ring (bicyclic) bond motifs is 1. The van der Waals surface area contributed by atoms with Gasteiger partial charge >= 0.3 is 0 Å². The molecule has 0 spiro atoms. The summed E-state index contributed by atoms with van der Waals surface area (Å²) < 4.78 is 12.5. The maximum Gasteiger partial charge on any atom is 0.161 e. The van der Waals surface area contributed by atoms with E-state index < -0.39 is 0 Å². The molecule has 3 rings (SSSR count). The SMILES string of the molecule is CCOc1cc2c(cc1OC)CCNC2c1ccccc1I. The van der Waals surface area contributed by atoms with Crippen LogP contribution < -0.4 is 14.8 Å². The Balaban J connectivity index is 2.09. The van der Waals surface area contributed by atoms with E-state index in [4.69, 9.17) is 9.47 Å². The van der Waals surface area contributed by atoms with Crippen LogP contribution in [0.4, 0.5) is 0 Å². The summed E-state index contributed by atoms with van der Waals surface area (Å²) in [5.74, 6) is 1.65. The van der Waals surface area contributed by atoms with E-state index in [0.717, 1.165) is 24.5 Å². The first kappa shape index (κ1) is 15.6. The highest BCUT2D eigenvalue weighted by Gasteiger charge is 2.25. The van der Waals surface area contributed by atoms with Crippen molar-refractivity contribution in [3.8, 4) is 11.5 Å². The molecule has 2 aromatic carbocycles. The molecule has 0 saturated heterocycles. The molecule has 0 saturated carbocycles. The molecule has 3 nitrogen and oxygen atoms in total. The molecule has 1 heterocycles. The van der Waals surface area contributed by atoms with Gasteiger partial charge in [0.25, 0.3) is 0 Å². The molecule has 1 atom stereocenters. The second-order valence-corrected chi connectivity index (χ2v) is 6.46. The van der Waals surface area contributed by atoms with Gasteiger partial charge in [0.2, 0.25) is 0 Å². The maximum atomic E-state index is 5.75. The van der Waals surface area contributed by atoms with Crippen molar-refractivity contribution >= 4 is 22.6 Å². The monoisotopic (exact) mass is 409 g/mol. The van der Waals surface area contributed by atoms with E-state index in [2.05, 4.69) is 64.3 Å². The molecule has 1 N–H and O–H groups in total.